The third kappa shape index (κ3) is 2.42. The van der Waals surface area contributed by atoms with Gasteiger partial charge < -0.3 is 4.42 Å². The fourth-order valence-corrected chi connectivity index (χ4v) is 1.49. The zero-order chi connectivity index (χ0) is 11.4. The normalized spacial score (nSPS) is 9.81. The molecule has 0 unspecified atom stereocenters. The SMILES string of the molecule is [N-]=[N+]=NCc1ncc(-c2ccc(Br)cc2)o1. The predicted molar refractivity (Wildman–Crippen MR) is 62.5 cm³/mol. The highest BCUT2D eigenvalue weighted by Gasteiger charge is 2.04. The number of rotatable bonds is 3. The lowest BCUT2D eigenvalue weighted by atomic mass is 10.2. The van der Waals surface area contributed by atoms with Crippen molar-refractivity contribution in [2.24, 2.45) is 5.11 Å². The van der Waals surface area contributed by atoms with Crippen LogP contribution in [0.4, 0.5) is 0 Å². The van der Waals surface area contributed by atoms with Crippen LogP contribution in [-0.2, 0) is 6.54 Å². The van der Waals surface area contributed by atoms with Gasteiger partial charge in [-0.05, 0) is 17.7 Å². The van der Waals surface area contributed by atoms with E-state index in [1.165, 1.54) is 0 Å². The molecule has 0 bridgehead atoms. The first-order chi connectivity index (χ1) is 7.79. The quantitative estimate of drug-likeness (QED) is 0.485. The number of hydrogen-bond acceptors (Lipinski definition) is 3. The van der Waals surface area contributed by atoms with E-state index in [1.54, 1.807) is 6.20 Å². The van der Waals surface area contributed by atoms with Gasteiger partial charge >= 0.3 is 0 Å². The molecule has 0 saturated heterocycles. The van der Waals surface area contributed by atoms with Crippen LogP contribution in [0.15, 0.2) is 44.5 Å². The van der Waals surface area contributed by atoms with E-state index in [0.29, 0.717) is 11.7 Å². The second kappa shape index (κ2) is 4.83. The molecular formula is C10H7BrN4O. The van der Waals surface area contributed by atoms with Gasteiger partial charge in [-0.1, -0.05) is 33.2 Å². The Morgan fingerprint density at radius 3 is 2.81 bits per heavy atom. The van der Waals surface area contributed by atoms with Crippen molar-refractivity contribution < 1.29 is 4.42 Å². The fraction of sp³-hybridized carbons (Fsp3) is 0.100. The number of aromatic nitrogens is 1. The molecule has 0 aliphatic heterocycles. The summed E-state index contributed by atoms with van der Waals surface area (Å²) < 4.78 is 6.43. The zero-order valence-electron chi connectivity index (χ0n) is 8.17. The molecule has 80 valence electrons. The molecule has 0 fully saturated rings. The predicted octanol–water partition coefficient (Wildman–Crippen LogP) is 3.91. The summed E-state index contributed by atoms with van der Waals surface area (Å²) >= 11 is 3.36. The summed E-state index contributed by atoms with van der Waals surface area (Å²) in [6.45, 7) is 0.132. The van der Waals surface area contributed by atoms with Gasteiger partial charge in [0.25, 0.3) is 0 Å². The van der Waals surface area contributed by atoms with E-state index in [1.807, 2.05) is 24.3 Å². The molecule has 0 saturated carbocycles. The van der Waals surface area contributed by atoms with Crippen molar-refractivity contribution in [1.82, 2.24) is 4.98 Å². The molecule has 0 atom stereocenters. The standard InChI is InChI=1S/C10H7BrN4O/c11-8-3-1-7(2-4-8)9-5-13-10(16-9)6-14-15-12/h1-5H,6H2. The highest BCUT2D eigenvalue weighted by molar-refractivity contribution is 9.10. The molecule has 0 aliphatic rings. The minimum Gasteiger partial charge on any atom is -0.441 e. The van der Waals surface area contributed by atoms with Crippen LogP contribution in [0.25, 0.3) is 21.8 Å². The summed E-state index contributed by atoms with van der Waals surface area (Å²) in [5.41, 5.74) is 9.10. The number of hydrogen-bond donors (Lipinski definition) is 0. The molecule has 1 aromatic heterocycles. The van der Waals surface area contributed by atoms with Gasteiger partial charge in [0.15, 0.2) is 5.76 Å². The molecule has 1 aromatic carbocycles. The minimum atomic E-state index is 0.132. The van der Waals surface area contributed by atoms with Crippen molar-refractivity contribution >= 4 is 15.9 Å². The monoisotopic (exact) mass is 278 g/mol. The van der Waals surface area contributed by atoms with E-state index >= 15 is 0 Å². The Labute approximate surface area is 99.9 Å². The van der Waals surface area contributed by atoms with Gasteiger partial charge in [-0.2, -0.15) is 0 Å². The summed E-state index contributed by atoms with van der Waals surface area (Å²) in [6.07, 6.45) is 1.62. The van der Waals surface area contributed by atoms with Crippen LogP contribution in [0, 0.1) is 0 Å². The second-order valence-corrected chi connectivity index (χ2v) is 3.93. The Morgan fingerprint density at radius 2 is 2.12 bits per heavy atom. The van der Waals surface area contributed by atoms with Crippen LogP contribution in [0.5, 0.6) is 0 Å². The van der Waals surface area contributed by atoms with Crippen molar-refractivity contribution in [3.8, 4) is 11.3 Å². The zero-order valence-corrected chi connectivity index (χ0v) is 9.75. The molecule has 0 radical (unpaired) electrons. The van der Waals surface area contributed by atoms with E-state index in [4.69, 9.17) is 9.95 Å². The highest BCUT2D eigenvalue weighted by atomic mass is 79.9. The lowest BCUT2D eigenvalue weighted by Crippen LogP contribution is -1.76. The Kier molecular flexibility index (Phi) is 3.24. The first-order valence-corrected chi connectivity index (χ1v) is 5.30. The van der Waals surface area contributed by atoms with Gasteiger partial charge in [-0.3, -0.25) is 0 Å². The molecule has 2 aromatic rings. The Bertz CT molecular complexity index is 528. The molecule has 16 heavy (non-hydrogen) atoms. The summed E-state index contributed by atoms with van der Waals surface area (Å²) in [5.74, 6) is 1.08. The van der Waals surface area contributed by atoms with Gasteiger partial charge in [0, 0.05) is 14.9 Å². The number of azide groups is 1. The Balaban J connectivity index is 2.24. The van der Waals surface area contributed by atoms with Crippen molar-refractivity contribution in [3.63, 3.8) is 0 Å². The number of halogens is 1. The number of oxazole rings is 1. The van der Waals surface area contributed by atoms with Gasteiger partial charge in [-0.25, -0.2) is 4.98 Å². The molecule has 6 heteroatoms. The highest BCUT2D eigenvalue weighted by Crippen LogP contribution is 2.22. The fourth-order valence-electron chi connectivity index (χ4n) is 1.22. The molecular weight excluding hydrogens is 272 g/mol. The van der Waals surface area contributed by atoms with Gasteiger partial charge in [0.1, 0.15) is 6.54 Å². The lowest BCUT2D eigenvalue weighted by Gasteiger charge is -1.95. The van der Waals surface area contributed by atoms with Gasteiger partial charge in [-0.15, -0.1) is 0 Å². The van der Waals surface area contributed by atoms with Crippen molar-refractivity contribution in [3.05, 3.63) is 51.3 Å². The average molecular weight is 279 g/mol. The maximum Gasteiger partial charge on any atom is 0.200 e. The summed E-state index contributed by atoms with van der Waals surface area (Å²) in [5, 5.41) is 3.38. The summed E-state index contributed by atoms with van der Waals surface area (Å²) in [7, 11) is 0. The lowest BCUT2D eigenvalue weighted by molar-refractivity contribution is 0.509. The molecule has 1 heterocycles. The maximum atomic E-state index is 8.17. The van der Waals surface area contributed by atoms with E-state index in [2.05, 4.69) is 30.9 Å². The first kappa shape index (κ1) is 10.7. The largest absolute Gasteiger partial charge is 0.441 e. The van der Waals surface area contributed by atoms with E-state index in [9.17, 15) is 0 Å². The van der Waals surface area contributed by atoms with Crippen molar-refractivity contribution in [2.45, 2.75) is 6.54 Å². The van der Waals surface area contributed by atoms with Crippen LogP contribution in [0.2, 0.25) is 0 Å². The smallest absolute Gasteiger partial charge is 0.200 e. The van der Waals surface area contributed by atoms with Crippen molar-refractivity contribution in [2.75, 3.05) is 0 Å². The topological polar surface area (TPSA) is 74.8 Å². The first-order valence-electron chi connectivity index (χ1n) is 4.51. The third-order valence-electron chi connectivity index (χ3n) is 1.95. The van der Waals surface area contributed by atoms with Crippen LogP contribution < -0.4 is 0 Å². The van der Waals surface area contributed by atoms with Crippen molar-refractivity contribution in [1.29, 1.82) is 0 Å². The van der Waals surface area contributed by atoms with Crippen LogP contribution in [-0.4, -0.2) is 4.98 Å². The Hall–Kier alpha value is -1.78. The van der Waals surface area contributed by atoms with Crippen LogP contribution in [0.3, 0.4) is 0 Å². The number of nitrogens with zero attached hydrogens (tertiary/aromatic N) is 4. The van der Waals surface area contributed by atoms with Gasteiger partial charge in [0.05, 0.1) is 6.20 Å². The summed E-state index contributed by atoms with van der Waals surface area (Å²) in [6, 6.07) is 7.68. The molecule has 0 spiro atoms. The number of benzene rings is 1. The Morgan fingerprint density at radius 1 is 1.38 bits per heavy atom. The molecule has 0 N–H and O–H groups in total. The second-order valence-electron chi connectivity index (χ2n) is 3.01. The van der Waals surface area contributed by atoms with Crippen LogP contribution in [0.1, 0.15) is 5.89 Å². The van der Waals surface area contributed by atoms with E-state index in [0.717, 1.165) is 10.0 Å². The minimum absolute atomic E-state index is 0.132. The molecule has 0 amide bonds. The van der Waals surface area contributed by atoms with Crippen LogP contribution >= 0.6 is 15.9 Å². The van der Waals surface area contributed by atoms with E-state index < -0.39 is 0 Å². The molecule has 5 nitrogen and oxygen atoms in total. The third-order valence-corrected chi connectivity index (χ3v) is 2.48. The van der Waals surface area contributed by atoms with E-state index in [-0.39, 0.29) is 6.54 Å². The maximum absolute atomic E-state index is 8.17. The molecule has 2 rings (SSSR count). The summed E-state index contributed by atoms with van der Waals surface area (Å²) in [4.78, 5) is 6.65. The average Bonchev–Trinajstić information content (AvgIpc) is 2.76. The van der Waals surface area contributed by atoms with Gasteiger partial charge in [0.2, 0.25) is 5.89 Å². The molecule has 0 aliphatic carbocycles.